The molecular formula is C81H127Cl2N11O21. The van der Waals surface area contributed by atoms with Gasteiger partial charge in [0, 0.05) is 31.6 Å². The number of hydrogen-bond acceptors (Lipinski definition) is 24. The number of halogens is 2. The molecule has 1 aromatic rings. The summed E-state index contributed by atoms with van der Waals surface area (Å²) in [7, 11) is 1.54. The fraction of sp³-hybridized carbons (Fsp3) is 0.827. The van der Waals surface area contributed by atoms with Crippen LogP contribution in [0.2, 0.25) is 0 Å². The molecule has 2 saturated heterocycles. The first-order valence-corrected chi connectivity index (χ1v) is 43.6. The van der Waals surface area contributed by atoms with Gasteiger partial charge in [-0.1, -0.05) is 59.3 Å². The lowest BCUT2D eigenvalue weighted by molar-refractivity contribution is -0.278. The summed E-state index contributed by atoms with van der Waals surface area (Å²) in [5, 5.41) is 136. The summed E-state index contributed by atoms with van der Waals surface area (Å²) in [4.78, 5) is 123. The lowest BCUT2D eigenvalue weighted by Gasteiger charge is -2.55. The highest BCUT2D eigenvalue weighted by molar-refractivity contribution is 6.21. The third-order valence-electron chi connectivity index (χ3n) is 27.4. The van der Waals surface area contributed by atoms with Gasteiger partial charge in [-0.05, 0) is 206 Å². The zero-order valence-electron chi connectivity index (χ0n) is 66.5. The van der Waals surface area contributed by atoms with Gasteiger partial charge in [0.05, 0.1) is 60.3 Å². The highest BCUT2D eigenvalue weighted by Crippen LogP contribution is 2.55. The largest absolute Gasteiger partial charge is 0.485 e. The molecule has 15 bridgehead atoms. The molecule has 115 heavy (non-hydrogen) atoms. The Balaban J connectivity index is 0.963. The van der Waals surface area contributed by atoms with E-state index in [1.165, 1.54) is 37.8 Å². The van der Waals surface area contributed by atoms with Crippen LogP contribution < -0.4 is 73.1 Å². The molecule has 6 heterocycles. The number of fused-ring (bicyclic) bond motifs is 15. The van der Waals surface area contributed by atoms with Crippen LogP contribution in [0.4, 0.5) is 0 Å². The third-order valence-corrected chi connectivity index (χ3v) is 28.4. The van der Waals surface area contributed by atoms with Crippen molar-refractivity contribution in [1.29, 1.82) is 0 Å². The topological polar surface area (TPSA) is 502 Å². The van der Waals surface area contributed by atoms with Crippen molar-refractivity contribution in [1.82, 2.24) is 53.2 Å². The van der Waals surface area contributed by atoms with Gasteiger partial charge in [0.1, 0.15) is 72.9 Å². The first-order valence-electron chi connectivity index (χ1n) is 42.7. The van der Waals surface area contributed by atoms with Crippen LogP contribution >= 0.6 is 23.2 Å². The van der Waals surface area contributed by atoms with E-state index in [1.54, 1.807) is 7.05 Å². The van der Waals surface area contributed by atoms with Gasteiger partial charge in [0.2, 0.25) is 59.3 Å². The Bertz CT molecular complexity index is 3490. The Kier molecular flexibility index (Phi) is 30.7. The number of likely N-dealkylation sites (N-methyl/N-ethyl adjacent to an activating group) is 1. The number of ether oxygens (including phenoxy) is 4. The Hall–Kier alpha value is -5.56. The first-order chi connectivity index (χ1) is 55.0. The van der Waals surface area contributed by atoms with Crippen LogP contribution in [0.5, 0.6) is 17.2 Å². The van der Waals surface area contributed by atoms with Crippen molar-refractivity contribution in [3.63, 3.8) is 0 Å². The van der Waals surface area contributed by atoms with Crippen LogP contribution in [0.3, 0.4) is 0 Å². The maximum atomic E-state index is 16.5. The predicted octanol–water partition coefficient (Wildman–Crippen LogP) is -0.350. The molecule has 14 aliphatic rings. The van der Waals surface area contributed by atoms with Crippen molar-refractivity contribution in [2.24, 2.45) is 76.7 Å². The molecule has 34 heteroatoms. The Morgan fingerprint density at radius 3 is 1.82 bits per heavy atom. The molecule has 15 rings (SSSR count). The van der Waals surface area contributed by atoms with Crippen molar-refractivity contribution < 1.29 is 103 Å². The van der Waals surface area contributed by atoms with E-state index in [0.29, 0.717) is 24.9 Å². The molecule has 0 radical (unpaired) electrons. The van der Waals surface area contributed by atoms with E-state index >= 15 is 28.8 Å². The number of aliphatic hydroxyl groups is 9. The summed E-state index contributed by atoms with van der Waals surface area (Å²) < 4.78 is 26.3. The van der Waals surface area contributed by atoms with Crippen LogP contribution in [-0.4, -0.2) is 260 Å². The second kappa shape index (κ2) is 39.8. The van der Waals surface area contributed by atoms with Crippen LogP contribution in [0, 0.1) is 71.0 Å². The molecule has 8 saturated carbocycles. The van der Waals surface area contributed by atoms with E-state index in [-0.39, 0.29) is 118 Å². The standard InChI is InChI=1S/C81H127Cl2N11O21/c1-5-6-7-8-9-10-11-18-86-19-20-87-34-47-53(97)32-46-60(69(47)101)45-27-39(12-15-52(45)96)62-76(107)94-66(80(111)92-64(46)78(109)89-61-42-23-37-22-38(25-42)26-43(61)24-37)68(100)41-14-17-55(49(83)29-41)113-57-31-44-30-56(73(57)115-81-72(104)71(103)70(102)58(35-95)114-81)112-54-16-13-40(28-48(54)82)67(99)65(93-74(105)50(85-4)21-36(2)3)79(110)88-51(33-59(84)98)75(106)90-63(44)77(108)91-62/h30-31,36-43,45-55,58,60-72,81,85-87,95-97,99-104H,5-29,32-35H2,1-4H3,(H2,84,98)(H,88,110)(H,89,109)(H,90,106)(H,91,108)(H,92,111)(H,93,105)(H,94,107)/t37?,38?,39-,40-,41-,42?,43?,45?,46?,47?,48+,49-,50+,51-,52+,53-,54+,55+,58+,60?,61?,62+,63+,64-,65+,66-,67+,68+,69?,70+,71-,72+,81-/m0/s1. The van der Waals surface area contributed by atoms with Crippen molar-refractivity contribution in [2.45, 2.75) is 307 Å². The fourth-order valence-electron chi connectivity index (χ4n) is 21.4. The smallest absolute Gasteiger partial charge is 0.247 e. The average Bonchev–Trinajstić information content (AvgIpc) is 0.755. The lowest BCUT2D eigenvalue weighted by atomic mass is 9.54. The molecule has 32 nitrogen and oxygen atoms in total. The van der Waals surface area contributed by atoms with Crippen molar-refractivity contribution in [2.75, 3.05) is 39.8 Å². The number of aliphatic hydroxyl groups excluding tert-OH is 9. The molecule has 10 fully saturated rings. The monoisotopic (exact) mass is 1660 g/mol. The second-order valence-electron chi connectivity index (χ2n) is 35.8. The number of unbranched alkanes of at least 4 members (excludes halogenated alkanes) is 6. The SMILES string of the molecule is CCCCCCCCCNCCNCC1C(O)C2C3C[C@H](CC[C@H]3O)[C@H]3NC(=O)[C@@H]4NC(=O)[C@H](CC(N)=O)NC(=O)[C@H](NC(=O)[C@@H](CC(C)C)NC)[C@H](O)[C@H]5CC[C@@H](Oc6cc4cc(c6O[C@@H]4O[C@H](CO)[C@@H](O)[C@H](O)[C@H]4O)O[C@@H]4CC[C@@H](C[C@@H]4Cl)[C@@H](O)[C@H](NC3=O)C(=O)N[C@H](C(=O)NC3C4CC6CC(C4)CC3C6)C2C[C@@H]1O)[C@H](Cl)C5. The number of hydrogen-bond donors (Lipinski definition) is 20. The summed E-state index contributed by atoms with van der Waals surface area (Å²) >= 11 is 14.8. The van der Waals surface area contributed by atoms with Crippen molar-refractivity contribution in [3.05, 3.63) is 17.7 Å². The minimum Gasteiger partial charge on any atom is -0.485 e. The zero-order valence-corrected chi connectivity index (χ0v) is 68.1. The number of carbonyl (C=O) groups excluding carboxylic acids is 8. The fourth-order valence-corrected chi connectivity index (χ4v) is 22.2. The van der Waals surface area contributed by atoms with E-state index in [2.05, 4.69) is 60.1 Å². The number of nitrogens with two attached hydrogens (primary N) is 1. The number of amides is 8. The number of rotatable bonds is 25. The van der Waals surface area contributed by atoms with E-state index in [9.17, 15) is 55.5 Å². The summed E-state index contributed by atoms with van der Waals surface area (Å²) in [6, 6.07) is -9.88. The van der Waals surface area contributed by atoms with E-state index in [1.807, 2.05) is 13.8 Å². The number of benzene rings is 1. The molecular weight excluding hydrogens is 1530 g/mol. The molecule has 8 amide bonds. The van der Waals surface area contributed by atoms with Crippen LogP contribution in [0.25, 0.3) is 0 Å². The maximum Gasteiger partial charge on any atom is 0.247 e. The molecule has 6 aliphatic heterocycles. The van der Waals surface area contributed by atoms with E-state index in [0.717, 1.165) is 57.9 Å². The van der Waals surface area contributed by atoms with Gasteiger partial charge in [-0.25, -0.2) is 0 Å². The predicted molar refractivity (Wildman–Crippen MR) is 419 cm³/mol. The molecule has 8 aliphatic carbocycles. The lowest BCUT2D eigenvalue weighted by Crippen LogP contribution is -2.68. The van der Waals surface area contributed by atoms with Crippen molar-refractivity contribution in [3.8, 4) is 17.2 Å². The first kappa shape index (κ1) is 88.7. The summed E-state index contributed by atoms with van der Waals surface area (Å²) in [6.07, 6.45) is -7.38. The van der Waals surface area contributed by atoms with Gasteiger partial charge < -0.3 is 124 Å². The summed E-state index contributed by atoms with van der Waals surface area (Å²) in [5.74, 6) is -14.8. The van der Waals surface area contributed by atoms with E-state index < -0.39 is 234 Å². The molecule has 21 N–H and O–H groups in total. The molecule has 0 spiro atoms. The van der Waals surface area contributed by atoms with Crippen LogP contribution in [0.1, 0.15) is 186 Å². The maximum absolute atomic E-state index is 16.5. The Morgan fingerprint density at radius 1 is 0.591 bits per heavy atom. The van der Waals surface area contributed by atoms with Gasteiger partial charge >= 0.3 is 0 Å². The highest BCUT2D eigenvalue weighted by Gasteiger charge is 2.58. The van der Waals surface area contributed by atoms with Crippen LogP contribution in [0.15, 0.2) is 12.1 Å². The quantitative estimate of drug-likeness (QED) is 0.0439. The average molecular weight is 1660 g/mol. The minimum absolute atomic E-state index is 0.00225. The third kappa shape index (κ3) is 20.7. The van der Waals surface area contributed by atoms with Crippen LogP contribution in [-0.2, 0) is 43.1 Å². The van der Waals surface area contributed by atoms with Gasteiger partial charge in [-0.3, -0.25) is 38.4 Å². The number of carbonyl (C=O) groups is 8. The molecule has 0 aromatic heterocycles. The molecule has 1 aromatic carbocycles. The Labute approximate surface area is 682 Å². The molecule has 646 valence electrons. The second-order valence-corrected chi connectivity index (χ2v) is 36.9. The van der Waals surface area contributed by atoms with Gasteiger partial charge in [0.15, 0.2) is 11.5 Å². The highest BCUT2D eigenvalue weighted by atomic mass is 35.5. The molecule has 5 unspecified atom stereocenters. The number of primary amides is 1. The summed E-state index contributed by atoms with van der Waals surface area (Å²) in [6.45, 7) is 7.03. The van der Waals surface area contributed by atoms with Crippen molar-refractivity contribution >= 4 is 70.5 Å². The van der Waals surface area contributed by atoms with E-state index in [4.69, 9.17) is 47.9 Å². The number of nitrogens with one attached hydrogen (secondary N) is 10. The van der Waals surface area contributed by atoms with Gasteiger partial charge in [-0.2, -0.15) is 0 Å². The minimum atomic E-state index is -2.13. The van der Waals surface area contributed by atoms with Gasteiger partial charge in [-0.15, -0.1) is 23.2 Å². The Morgan fingerprint density at radius 2 is 1.20 bits per heavy atom. The van der Waals surface area contributed by atoms with Gasteiger partial charge in [0.25, 0.3) is 0 Å². The number of alkyl halides is 2. The molecule has 28 atom stereocenters. The zero-order chi connectivity index (χ0) is 82.4. The summed E-state index contributed by atoms with van der Waals surface area (Å²) in [5.41, 5.74) is 5.63. The normalized spacial score (nSPS) is 40.4.